The van der Waals surface area contributed by atoms with Gasteiger partial charge in [0.1, 0.15) is 11.6 Å². The van der Waals surface area contributed by atoms with E-state index in [9.17, 15) is 13.6 Å². The molecule has 2 N–H and O–H groups in total. The summed E-state index contributed by atoms with van der Waals surface area (Å²) < 4.78 is 27.5. The molecule has 2 aromatic rings. The lowest BCUT2D eigenvalue weighted by molar-refractivity contribution is 0.0656. The van der Waals surface area contributed by atoms with Crippen molar-refractivity contribution in [1.82, 2.24) is 4.90 Å². The third-order valence-corrected chi connectivity index (χ3v) is 4.87. The zero-order valence-electron chi connectivity index (χ0n) is 14.2. The Balaban J connectivity index is 1.80. The third kappa shape index (κ3) is 3.87. The van der Waals surface area contributed by atoms with Crippen molar-refractivity contribution < 1.29 is 13.6 Å². The van der Waals surface area contributed by atoms with Gasteiger partial charge in [0, 0.05) is 19.1 Å². The molecule has 3 nitrogen and oxygen atoms in total. The minimum absolute atomic E-state index is 0.0151. The van der Waals surface area contributed by atoms with E-state index < -0.39 is 5.82 Å². The maximum atomic E-state index is 14.5. The van der Waals surface area contributed by atoms with Gasteiger partial charge in [-0.25, -0.2) is 8.78 Å². The van der Waals surface area contributed by atoms with Gasteiger partial charge in [-0.05, 0) is 61.1 Å². The smallest absolute Gasteiger partial charge is 0.256 e. The SMILES string of the molecule is C[C@@H](N)[C@H]1CCCN(C(=O)c2ccc(-c3ccc(F)cc3)cc2F)C1. The highest BCUT2D eigenvalue weighted by Gasteiger charge is 2.27. The fraction of sp³-hybridized carbons (Fsp3) is 0.350. The molecular formula is C20H22F2N2O. The van der Waals surface area contributed by atoms with Gasteiger partial charge in [-0.15, -0.1) is 0 Å². The van der Waals surface area contributed by atoms with E-state index in [4.69, 9.17) is 5.73 Å². The molecule has 0 saturated carbocycles. The summed E-state index contributed by atoms with van der Waals surface area (Å²) in [5, 5.41) is 0. The van der Waals surface area contributed by atoms with E-state index in [0.717, 1.165) is 12.8 Å². The van der Waals surface area contributed by atoms with Crippen LogP contribution in [0.15, 0.2) is 42.5 Å². The molecule has 0 unspecified atom stereocenters. The average Bonchev–Trinajstić information content (AvgIpc) is 2.62. The molecule has 0 bridgehead atoms. The molecule has 1 amide bonds. The van der Waals surface area contributed by atoms with Crippen LogP contribution in [0.5, 0.6) is 0 Å². The summed E-state index contributed by atoms with van der Waals surface area (Å²) in [7, 11) is 0. The van der Waals surface area contributed by atoms with Crippen LogP contribution in [0, 0.1) is 17.6 Å². The lowest BCUT2D eigenvalue weighted by Crippen LogP contribution is -2.45. The molecule has 132 valence electrons. The average molecular weight is 344 g/mol. The number of rotatable bonds is 3. The van der Waals surface area contributed by atoms with Crippen molar-refractivity contribution in [3.63, 3.8) is 0 Å². The second-order valence-electron chi connectivity index (χ2n) is 6.71. The number of piperidine rings is 1. The first-order valence-corrected chi connectivity index (χ1v) is 8.56. The maximum Gasteiger partial charge on any atom is 0.256 e. The molecule has 2 atom stereocenters. The highest BCUT2D eigenvalue weighted by atomic mass is 19.1. The van der Waals surface area contributed by atoms with E-state index in [1.807, 2.05) is 6.92 Å². The summed E-state index contributed by atoms with van der Waals surface area (Å²) in [5.74, 6) is -0.952. The predicted molar refractivity (Wildman–Crippen MR) is 94.1 cm³/mol. The Morgan fingerprint density at radius 1 is 1.16 bits per heavy atom. The van der Waals surface area contributed by atoms with Crippen LogP contribution in [0.2, 0.25) is 0 Å². The molecule has 2 aromatic carbocycles. The van der Waals surface area contributed by atoms with Gasteiger partial charge in [0.05, 0.1) is 5.56 Å². The van der Waals surface area contributed by atoms with Crippen molar-refractivity contribution in [2.45, 2.75) is 25.8 Å². The molecule has 1 aliphatic rings. The Kier molecular flexibility index (Phi) is 5.13. The number of amides is 1. The Bertz CT molecular complexity index is 759. The summed E-state index contributed by atoms with van der Waals surface area (Å²) in [5.41, 5.74) is 7.34. The first-order valence-electron chi connectivity index (χ1n) is 8.56. The largest absolute Gasteiger partial charge is 0.338 e. The topological polar surface area (TPSA) is 46.3 Å². The van der Waals surface area contributed by atoms with Crippen LogP contribution in [-0.4, -0.2) is 29.9 Å². The Morgan fingerprint density at radius 3 is 2.48 bits per heavy atom. The van der Waals surface area contributed by atoms with E-state index in [-0.39, 0.29) is 29.2 Å². The van der Waals surface area contributed by atoms with E-state index in [1.54, 1.807) is 23.1 Å². The van der Waals surface area contributed by atoms with Crippen molar-refractivity contribution >= 4 is 5.91 Å². The van der Waals surface area contributed by atoms with Crippen molar-refractivity contribution in [2.24, 2.45) is 11.7 Å². The van der Waals surface area contributed by atoms with Gasteiger partial charge < -0.3 is 10.6 Å². The molecule has 5 heteroatoms. The van der Waals surface area contributed by atoms with Gasteiger partial charge in [0.25, 0.3) is 5.91 Å². The van der Waals surface area contributed by atoms with Gasteiger partial charge in [-0.3, -0.25) is 4.79 Å². The highest BCUT2D eigenvalue weighted by Crippen LogP contribution is 2.25. The fourth-order valence-corrected chi connectivity index (χ4v) is 3.30. The first-order chi connectivity index (χ1) is 12.0. The zero-order chi connectivity index (χ0) is 18.0. The highest BCUT2D eigenvalue weighted by molar-refractivity contribution is 5.95. The molecule has 1 aliphatic heterocycles. The number of hydrogen-bond acceptors (Lipinski definition) is 2. The van der Waals surface area contributed by atoms with Gasteiger partial charge >= 0.3 is 0 Å². The Morgan fingerprint density at radius 2 is 1.84 bits per heavy atom. The predicted octanol–water partition coefficient (Wildman–Crippen LogP) is 3.83. The molecule has 0 radical (unpaired) electrons. The van der Waals surface area contributed by atoms with E-state index in [1.165, 1.54) is 24.3 Å². The van der Waals surface area contributed by atoms with Crippen LogP contribution < -0.4 is 5.73 Å². The monoisotopic (exact) mass is 344 g/mol. The summed E-state index contributed by atoms with van der Waals surface area (Å²) in [6.45, 7) is 3.13. The molecule has 3 rings (SSSR count). The van der Waals surface area contributed by atoms with E-state index in [2.05, 4.69) is 0 Å². The lowest BCUT2D eigenvalue weighted by atomic mass is 9.91. The molecule has 25 heavy (non-hydrogen) atoms. The van der Waals surface area contributed by atoms with E-state index >= 15 is 0 Å². The lowest BCUT2D eigenvalue weighted by Gasteiger charge is -2.34. The van der Waals surface area contributed by atoms with Gasteiger partial charge in [-0.1, -0.05) is 18.2 Å². The number of benzene rings is 2. The molecule has 0 spiro atoms. The number of likely N-dealkylation sites (tertiary alicyclic amines) is 1. The number of nitrogens with two attached hydrogens (primary N) is 1. The van der Waals surface area contributed by atoms with Crippen molar-refractivity contribution in [1.29, 1.82) is 0 Å². The van der Waals surface area contributed by atoms with Crippen LogP contribution in [0.25, 0.3) is 11.1 Å². The van der Waals surface area contributed by atoms with Gasteiger partial charge in [0.2, 0.25) is 0 Å². The summed E-state index contributed by atoms with van der Waals surface area (Å²) in [4.78, 5) is 14.4. The van der Waals surface area contributed by atoms with Crippen LogP contribution in [0.4, 0.5) is 8.78 Å². The third-order valence-electron chi connectivity index (χ3n) is 4.87. The normalized spacial score (nSPS) is 18.9. The molecule has 1 fully saturated rings. The van der Waals surface area contributed by atoms with Crippen LogP contribution in [0.1, 0.15) is 30.1 Å². The summed E-state index contributed by atoms with van der Waals surface area (Å²) >= 11 is 0. The fourth-order valence-electron chi connectivity index (χ4n) is 3.30. The van der Waals surface area contributed by atoms with Crippen LogP contribution in [0.3, 0.4) is 0 Å². The standard InChI is InChI=1S/C20H22F2N2O/c1-13(23)16-3-2-10-24(12-16)20(25)18-9-6-15(11-19(18)22)14-4-7-17(21)8-5-14/h4-9,11,13,16H,2-3,10,12,23H2,1H3/t13-,16+/m1/s1. The number of carbonyl (C=O) groups excluding carboxylic acids is 1. The minimum atomic E-state index is -0.560. The minimum Gasteiger partial charge on any atom is -0.338 e. The molecular weight excluding hydrogens is 322 g/mol. The molecule has 1 saturated heterocycles. The first kappa shape index (κ1) is 17.5. The van der Waals surface area contributed by atoms with Crippen molar-refractivity contribution in [2.75, 3.05) is 13.1 Å². The number of nitrogens with zero attached hydrogens (tertiary/aromatic N) is 1. The van der Waals surface area contributed by atoms with Crippen LogP contribution >= 0.6 is 0 Å². The second kappa shape index (κ2) is 7.31. The Labute approximate surface area is 146 Å². The zero-order valence-corrected chi connectivity index (χ0v) is 14.2. The molecule has 0 aromatic heterocycles. The quantitative estimate of drug-likeness (QED) is 0.920. The summed E-state index contributed by atoms with van der Waals surface area (Å²) in [6.07, 6.45) is 1.88. The Hall–Kier alpha value is -2.27. The summed E-state index contributed by atoms with van der Waals surface area (Å²) in [6, 6.07) is 10.4. The maximum absolute atomic E-state index is 14.5. The van der Waals surface area contributed by atoms with Crippen LogP contribution in [-0.2, 0) is 0 Å². The van der Waals surface area contributed by atoms with Gasteiger partial charge in [0.15, 0.2) is 0 Å². The van der Waals surface area contributed by atoms with Crippen molar-refractivity contribution in [3.05, 3.63) is 59.7 Å². The second-order valence-corrected chi connectivity index (χ2v) is 6.71. The number of carbonyl (C=O) groups is 1. The van der Waals surface area contributed by atoms with Gasteiger partial charge in [-0.2, -0.15) is 0 Å². The van der Waals surface area contributed by atoms with E-state index in [0.29, 0.717) is 24.2 Å². The number of hydrogen-bond donors (Lipinski definition) is 1. The molecule has 0 aliphatic carbocycles. The molecule has 1 heterocycles. The van der Waals surface area contributed by atoms with Crippen molar-refractivity contribution in [3.8, 4) is 11.1 Å². The number of halogens is 2.